The Balaban J connectivity index is 1.81. The zero-order chi connectivity index (χ0) is 15.1. The molecule has 7 heteroatoms. The van der Waals surface area contributed by atoms with Crippen LogP contribution in [0.25, 0.3) is 0 Å². The van der Waals surface area contributed by atoms with Crippen molar-refractivity contribution in [1.82, 2.24) is 0 Å². The molecule has 0 radical (unpaired) electrons. The third-order valence-electron chi connectivity index (χ3n) is 4.72. The first kappa shape index (κ1) is 13.8. The van der Waals surface area contributed by atoms with Gasteiger partial charge in [-0.3, -0.25) is 14.9 Å². The molecule has 7 nitrogen and oxygen atoms in total. The monoisotopic (exact) mass is 291 g/mol. The summed E-state index contributed by atoms with van der Waals surface area (Å²) in [7, 11) is 0. The number of phenols is 1. The zero-order valence-electron chi connectivity index (χ0n) is 11.4. The molecule has 2 fully saturated rings. The number of nitrogens with zero attached hydrogens (tertiary/aromatic N) is 1. The first-order valence-corrected chi connectivity index (χ1v) is 7.01. The molecule has 2 bridgehead atoms. The highest BCUT2D eigenvalue weighted by atomic mass is 16.6. The van der Waals surface area contributed by atoms with Crippen LogP contribution in [0.1, 0.15) is 19.3 Å². The molecule has 0 aliphatic heterocycles. The number of nitro benzene ring substituents is 1. The van der Waals surface area contributed by atoms with Crippen LogP contribution in [0.15, 0.2) is 18.2 Å². The maximum atomic E-state index is 12.4. The average molecular weight is 291 g/mol. The molecular weight excluding hydrogens is 274 g/mol. The van der Waals surface area contributed by atoms with E-state index >= 15 is 0 Å². The van der Waals surface area contributed by atoms with Crippen LogP contribution in [-0.4, -0.2) is 22.0 Å². The van der Waals surface area contributed by atoms with E-state index in [0.29, 0.717) is 5.92 Å². The van der Waals surface area contributed by atoms with Gasteiger partial charge < -0.3 is 16.2 Å². The van der Waals surface area contributed by atoms with Crippen LogP contribution in [-0.2, 0) is 4.79 Å². The summed E-state index contributed by atoms with van der Waals surface area (Å²) in [4.78, 5) is 22.8. The van der Waals surface area contributed by atoms with Gasteiger partial charge in [0.25, 0.3) is 5.69 Å². The Kier molecular flexibility index (Phi) is 3.29. The summed E-state index contributed by atoms with van der Waals surface area (Å²) in [6.07, 6.45) is 3.03. The number of fused-ring (bicyclic) bond motifs is 2. The number of anilines is 1. The van der Waals surface area contributed by atoms with Crippen molar-refractivity contribution in [3.8, 4) is 5.75 Å². The molecule has 4 N–H and O–H groups in total. The summed E-state index contributed by atoms with van der Waals surface area (Å²) < 4.78 is 0. The lowest BCUT2D eigenvalue weighted by atomic mass is 9.84. The highest BCUT2D eigenvalue weighted by molar-refractivity contribution is 5.95. The van der Waals surface area contributed by atoms with Gasteiger partial charge in [-0.2, -0.15) is 0 Å². The van der Waals surface area contributed by atoms with Gasteiger partial charge in [0.05, 0.1) is 16.9 Å². The minimum absolute atomic E-state index is 0.0952. The Bertz CT molecular complexity index is 602. The maximum absolute atomic E-state index is 12.4. The largest absolute Gasteiger partial charge is 0.508 e. The van der Waals surface area contributed by atoms with Crippen LogP contribution in [0.2, 0.25) is 0 Å². The molecular formula is C14H17N3O4. The maximum Gasteiger partial charge on any atom is 0.296 e. The van der Waals surface area contributed by atoms with Crippen molar-refractivity contribution in [2.24, 2.45) is 23.5 Å². The molecule has 2 aliphatic carbocycles. The van der Waals surface area contributed by atoms with Gasteiger partial charge in [0.2, 0.25) is 5.91 Å². The smallest absolute Gasteiger partial charge is 0.296 e. The van der Waals surface area contributed by atoms with Crippen molar-refractivity contribution in [1.29, 1.82) is 0 Å². The molecule has 1 aromatic rings. The first-order chi connectivity index (χ1) is 9.97. The lowest BCUT2D eigenvalue weighted by molar-refractivity contribution is -0.384. The van der Waals surface area contributed by atoms with Crippen molar-refractivity contribution >= 4 is 17.3 Å². The number of aromatic hydroxyl groups is 1. The van der Waals surface area contributed by atoms with Crippen molar-refractivity contribution in [3.05, 3.63) is 28.3 Å². The van der Waals surface area contributed by atoms with Crippen LogP contribution >= 0.6 is 0 Å². The second-order valence-corrected chi connectivity index (χ2v) is 5.88. The van der Waals surface area contributed by atoms with Crippen LogP contribution < -0.4 is 11.1 Å². The van der Waals surface area contributed by atoms with E-state index in [1.165, 1.54) is 12.1 Å². The number of carbonyl (C=O) groups excluding carboxylic acids is 1. The van der Waals surface area contributed by atoms with E-state index in [2.05, 4.69) is 5.32 Å². The fourth-order valence-corrected chi connectivity index (χ4v) is 3.72. The summed E-state index contributed by atoms with van der Waals surface area (Å²) >= 11 is 0. The molecule has 3 rings (SSSR count). The number of phenolic OH excluding ortho intramolecular Hbond substituents is 1. The second-order valence-electron chi connectivity index (χ2n) is 5.88. The fourth-order valence-electron chi connectivity index (χ4n) is 3.72. The highest BCUT2D eigenvalue weighted by Crippen LogP contribution is 2.48. The van der Waals surface area contributed by atoms with Crippen molar-refractivity contribution in [2.75, 3.05) is 5.32 Å². The normalized spacial score (nSPS) is 30.3. The molecule has 4 atom stereocenters. The number of benzene rings is 1. The molecule has 112 valence electrons. The van der Waals surface area contributed by atoms with Gasteiger partial charge in [-0.1, -0.05) is 0 Å². The summed E-state index contributed by atoms with van der Waals surface area (Å²) in [5, 5.41) is 22.9. The molecule has 2 aliphatic rings. The number of nitro groups is 1. The van der Waals surface area contributed by atoms with Gasteiger partial charge in [-0.05, 0) is 43.2 Å². The van der Waals surface area contributed by atoms with Crippen LogP contribution in [0, 0.1) is 27.9 Å². The Hall–Kier alpha value is -2.15. The van der Waals surface area contributed by atoms with Gasteiger partial charge in [0, 0.05) is 6.04 Å². The van der Waals surface area contributed by atoms with E-state index in [1.54, 1.807) is 0 Å². The summed E-state index contributed by atoms with van der Waals surface area (Å²) in [5.41, 5.74) is 5.88. The van der Waals surface area contributed by atoms with E-state index < -0.39 is 4.92 Å². The molecule has 0 saturated heterocycles. The van der Waals surface area contributed by atoms with E-state index in [0.717, 1.165) is 25.3 Å². The Morgan fingerprint density at radius 2 is 2.10 bits per heavy atom. The van der Waals surface area contributed by atoms with Gasteiger partial charge in [-0.15, -0.1) is 0 Å². The van der Waals surface area contributed by atoms with Gasteiger partial charge in [0.1, 0.15) is 11.4 Å². The predicted molar refractivity (Wildman–Crippen MR) is 75.7 cm³/mol. The second kappa shape index (κ2) is 5.00. The van der Waals surface area contributed by atoms with E-state index in [1.807, 2.05) is 0 Å². The van der Waals surface area contributed by atoms with E-state index in [4.69, 9.17) is 5.73 Å². The van der Waals surface area contributed by atoms with Gasteiger partial charge in [0.15, 0.2) is 0 Å². The fraction of sp³-hybridized carbons (Fsp3) is 0.500. The van der Waals surface area contributed by atoms with E-state index in [-0.39, 0.29) is 40.9 Å². The Morgan fingerprint density at radius 1 is 1.38 bits per heavy atom. The molecule has 1 amide bonds. The number of hydrogen-bond acceptors (Lipinski definition) is 5. The van der Waals surface area contributed by atoms with Crippen LogP contribution in [0.5, 0.6) is 5.75 Å². The molecule has 1 aromatic carbocycles. The minimum atomic E-state index is -0.629. The average Bonchev–Trinajstić information content (AvgIpc) is 3.01. The summed E-state index contributed by atoms with van der Waals surface area (Å²) in [5.74, 6) is -0.0845. The van der Waals surface area contributed by atoms with Crippen molar-refractivity contribution < 1.29 is 14.8 Å². The first-order valence-electron chi connectivity index (χ1n) is 7.01. The molecule has 0 heterocycles. The Morgan fingerprint density at radius 3 is 2.71 bits per heavy atom. The standard InChI is InChI=1S/C14H17N3O4/c15-13-8-2-1-7(5-8)12(13)14(19)16-10-4-3-9(18)6-11(10)17(20)21/h3-4,6-8,12-13,18H,1-2,5,15H2,(H,16,19). The van der Waals surface area contributed by atoms with Crippen LogP contribution in [0.3, 0.4) is 0 Å². The summed E-state index contributed by atoms with van der Waals surface area (Å²) in [6, 6.07) is 3.50. The molecule has 21 heavy (non-hydrogen) atoms. The summed E-state index contributed by atoms with van der Waals surface area (Å²) in [6.45, 7) is 0. The zero-order valence-corrected chi connectivity index (χ0v) is 11.4. The molecule has 2 saturated carbocycles. The number of nitrogens with two attached hydrogens (primary N) is 1. The van der Waals surface area contributed by atoms with Crippen LogP contribution in [0.4, 0.5) is 11.4 Å². The third kappa shape index (κ3) is 2.33. The predicted octanol–water partition coefficient (Wildman–Crippen LogP) is 1.61. The van der Waals surface area contributed by atoms with Crippen molar-refractivity contribution in [3.63, 3.8) is 0 Å². The minimum Gasteiger partial charge on any atom is -0.508 e. The highest BCUT2D eigenvalue weighted by Gasteiger charge is 2.49. The molecule has 4 unspecified atom stereocenters. The topological polar surface area (TPSA) is 118 Å². The van der Waals surface area contributed by atoms with Crippen molar-refractivity contribution in [2.45, 2.75) is 25.3 Å². The van der Waals surface area contributed by atoms with Gasteiger partial charge in [-0.25, -0.2) is 0 Å². The number of rotatable bonds is 3. The van der Waals surface area contributed by atoms with Gasteiger partial charge >= 0.3 is 0 Å². The SMILES string of the molecule is NC1C2CCC(C2)C1C(=O)Nc1ccc(O)cc1[N+](=O)[O-]. The molecule has 0 aromatic heterocycles. The Labute approximate surface area is 121 Å². The molecule has 0 spiro atoms. The van der Waals surface area contributed by atoms with E-state index in [9.17, 15) is 20.0 Å². The number of amides is 1. The number of nitrogens with one attached hydrogen (secondary N) is 1. The lowest BCUT2D eigenvalue weighted by Crippen LogP contribution is -2.42. The number of carbonyl (C=O) groups is 1. The lowest BCUT2D eigenvalue weighted by Gasteiger charge is -2.26. The third-order valence-corrected chi connectivity index (χ3v) is 4.72. The number of hydrogen-bond donors (Lipinski definition) is 3. The quantitative estimate of drug-likeness (QED) is 0.444.